The maximum absolute atomic E-state index is 11.2. The van der Waals surface area contributed by atoms with Gasteiger partial charge in [0.25, 0.3) is 0 Å². The van der Waals surface area contributed by atoms with Crippen LogP contribution in [0, 0.1) is 11.3 Å². The van der Waals surface area contributed by atoms with Crippen LogP contribution in [0.15, 0.2) is 30.3 Å². The van der Waals surface area contributed by atoms with Crippen LogP contribution >= 0.6 is 0 Å². The molecule has 1 atom stereocenters. The molecular formula is C14H21N3O2S. The highest BCUT2D eigenvalue weighted by atomic mass is 32.2. The van der Waals surface area contributed by atoms with E-state index in [1.165, 1.54) is 0 Å². The summed E-state index contributed by atoms with van der Waals surface area (Å²) in [5.74, 6) is -0.245. The standard InChI is InChI=1S/C14H21N3O2S/c1-14(2,17-20(3,18)19)11-16-10-13(9-15)12-7-5-4-6-8-12/h4-8,13,16-17H,10-11H2,1-3H3. The average molecular weight is 295 g/mol. The lowest BCUT2D eigenvalue weighted by molar-refractivity contribution is 0.420. The predicted octanol–water partition coefficient (Wildman–Crippen LogP) is 1.21. The molecule has 1 aromatic rings. The largest absolute Gasteiger partial charge is 0.313 e. The summed E-state index contributed by atoms with van der Waals surface area (Å²) in [4.78, 5) is 0. The molecule has 1 aromatic carbocycles. The van der Waals surface area contributed by atoms with Crippen molar-refractivity contribution < 1.29 is 8.42 Å². The average Bonchev–Trinajstić information content (AvgIpc) is 2.33. The van der Waals surface area contributed by atoms with Crippen LogP contribution in [0.1, 0.15) is 25.3 Å². The Labute approximate surface area is 121 Å². The van der Waals surface area contributed by atoms with Gasteiger partial charge in [-0.25, -0.2) is 13.1 Å². The van der Waals surface area contributed by atoms with Gasteiger partial charge in [0.05, 0.1) is 18.2 Å². The van der Waals surface area contributed by atoms with E-state index in [0.717, 1.165) is 11.8 Å². The minimum atomic E-state index is -3.25. The molecule has 0 fully saturated rings. The number of nitrogens with one attached hydrogen (secondary N) is 2. The van der Waals surface area contributed by atoms with Crippen molar-refractivity contribution >= 4 is 10.0 Å². The van der Waals surface area contributed by atoms with E-state index in [9.17, 15) is 13.7 Å². The zero-order valence-electron chi connectivity index (χ0n) is 12.1. The molecular weight excluding hydrogens is 274 g/mol. The SMILES string of the molecule is CC(C)(CNCC(C#N)c1ccccc1)NS(C)(=O)=O. The van der Waals surface area contributed by atoms with Crippen LogP contribution in [0.5, 0.6) is 0 Å². The molecule has 0 aliphatic carbocycles. The predicted molar refractivity (Wildman–Crippen MR) is 79.7 cm³/mol. The van der Waals surface area contributed by atoms with Gasteiger partial charge in [-0.3, -0.25) is 0 Å². The monoisotopic (exact) mass is 295 g/mol. The third-order valence-corrected chi connectivity index (χ3v) is 3.66. The molecule has 1 rings (SSSR count). The number of hydrogen-bond acceptors (Lipinski definition) is 4. The molecule has 0 bridgehead atoms. The lowest BCUT2D eigenvalue weighted by Crippen LogP contribution is -2.50. The minimum absolute atomic E-state index is 0.245. The Balaban J connectivity index is 2.53. The summed E-state index contributed by atoms with van der Waals surface area (Å²) in [6, 6.07) is 11.8. The molecule has 0 aliphatic rings. The zero-order chi connectivity index (χ0) is 15.2. The molecule has 1 unspecified atom stereocenters. The topological polar surface area (TPSA) is 82.0 Å². The van der Waals surface area contributed by atoms with Crippen LogP contribution < -0.4 is 10.0 Å². The first-order valence-corrected chi connectivity index (χ1v) is 8.27. The van der Waals surface area contributed by atoms with E-state index in [-0.39, 0.29) is 5.92 Å². The van der Waals surface area contributed by atoms with Crippen LogP contribution in [0.25, 0.3) is 0 Å². The lowest BCUT2D eigenvalue weighted by Gasteiger charge is -2.26. The van der Waals surface area contributed by atoms with Crippen molar-refractivity contribution in [2.45, 2.75) is 25.3 Å². The van der Waals surface area contributed by atoms with Gasteiger partial charge in [0.15, 0.2) is 0 Å². The summed E-state index contributed by atoms with van der Waals surface area (Å²) >= 11 is 0. The summed E-state index contributed by atoms with van der Waals surface area (Å²) in [5.41, 5.74) is 0.362. The molecule has 0 spiro atoms. The third-order valence-electron chi connectivity index (χ3n) is 2.73. The summed E-state index contributed by atoms with van der Waals surface area (Å²) < 4.78 is 25.0. The van der Waals surface area contributed by atoms with Crippen molar-refractivity contribution in [1.29, 1.82) is 5.26 Å². The van der Waals surface area contributed by atoms with Gasteiger partial charge < -0.3 is 5.32 Å². The molecule has 5 nitrogen and oxygen atoms in total. The number of rotatable bonds is 7. The van der Waals surface area contributed by atoms with Crippen molar-refractivity contribution in [2.24, 2.45) is 0 Å². The quantitative estimate of drug-likeness (QED) is 0.792. The van der Waals surface area contributed by atoms with E-state index in [4.69, 9.17) is 0 Å². The maximum Gasteiger partial charge on any atom is 0.209 e. The van der Waals surface area contributed by atoms with Crippen molar-refractivity contribution in [3.8, 4) is 6.07 Å². The van der Waals surface area contributed by atoms with Gasteiger partial charge in [-0.2, -0.15) is 5.26 Å². The summed E-state index contributed by atoms with van der Waals surface area (Å²) in [5, 5.41) is 12.3. The zero-order valence-corrected chi connectivity index (χ0v) is 12.9. The van der Waals surface area contributed by atoms with Crippen LogP contribution in [-0.2, 0) is 10.0 Å². The molecule has 0 saturated carbocycles. The van der Waals surface area contributed by atoms with Gasteiger partial charge in [-0.05, 0) is 19.4 Å². The Morgan fingerprint density at radius 3 is 2.40 bits per heavy atom. The molecule has 0 aromatic heterocycles. The fourth-order valence-corrected chi connectivity index (χ4v) is 3.07. The number of nitrogens with zero attached hydrogens (tertiary/aromatic N) is 1. The minimum Gasteiger partial charge on any atom is -0.313 e. The van der Waals surface area contributed by atoms with E-state index >= 15 is 0 Å². The first-order chi connectivity index (χ1) is 9.23. The first kappa shape index (κ1) is 16.6. The van der Waals surface area contributed by atoms with Crippen molar-refractivity contribution in [3.63, 3.8) is 0 Å². The van der Waals surface area contributed by atoms with Gasteiger partial charge >= 0.3 is 0 Å². The molecule has 20 heavy (non-hydrogen) atoms. The lowest BCUT2D eigenvalue weighted by atomic mass is 10.00. The second-order valence-electron chi connectivity index (χ2n) is 5.48. The second-order valence-corrected chi connectivity index (χ2v) is 7.23. The summed E-state index contributed by atoms with van der Waals surface area (Å²) in [6.07, 6.45) is 1.14. The molecule has 0 radical (unpaired) electrons. The maximum atomic E-state index is 11.2. The number of sulfonamides is 1. The van der Waals surface area contributed by atoms with E-state index in [1.807, 2.05) is 30.3 Å². The Morgan fingerprint density at radius 1 is 1.30 bits per heavy atom. The van der Waals surface area contributed by atoms with Gasteiger partial charge in [0.1, 0.15) is 0 Å². The molecule has 110 valence electrons. The Hall–Kier alpha value is -1.42. The smallest absolute Gasteiger partial charge is 0.209 e. The van der Waals surface area contributed by atoms with E-state index in [0.29, 0.717) is 13.1 Å². The molecule has 0 amide bonds. The third kappa shape index (κ3) is 6.15. The van der Waals surface area contributed by atoms with E-state index in [1.54, 1.807) is 13.8 Å². The molecule has 2 N–H and O–H groups in total. The fraction of sp³-hybridized carbons (Fsp3) is 0.500. The number of benzene rings is 1. The molecule has 0 aliphatic heterocycles. The van der Waals surface area contributed by atoms with Crippen LogP contribution in [0.3, 0.4) is 0 Å². The van der Waals surface area contributed by atoms with Gasteiger partial charge in [0.2, 0.25) is 10.0 Å². The Kier molecular flexibility index (Phi) is 5.69. The van der Waals surface area contributed by atoms with Crippen molar-refractivity contribution in [3.05, 3.63) is 35.9 Å². The normalized spacial score (nSPS) is 13.7. The Bertz CT molecular complexity index is 562. The van der Waals surface area contributed by atoms with Gasteiger partial charge in [0, 0.05) is 18.6 Å². The van der Waals surface area contributed by atoms with Crippen LogP contribution in [0.4, 0.5) is 0 Å². The Morgan fingerprint density at radius 2 is 1.90 bits per heavy atom. The summed E-state index contributed by atoms with van der Waals surface area (Å²) in [6.45, 7) is 4.52. The van der Waals surface area contributed by atoms with Crippen molar-refractivity contribution in [2.75, 3.05) is 19.3 Å². The van der Waals surface area contributed by atoms with Crippen LogP contribution in [0.2, 0.25) is 0 Å². The first-order valence-electron chi connectivity index (χ1n) is 6.38. The molecule has 0 heterocycles. The fourth-order valence-electron chi connectivity index (χ4n) is 1.99. The van der Waals surface area contributed by atoms with E-state index < -0.39 is 15.6 Å². The summed E-state index contributed by atoms with van der Waals surface area (Å²) in [7, 11) is -3.25. The van der Waals surface area contributed by atoms with Crippen molar-refractivity contribution in [1.82, 2.24) is 10.0 Å². The number of hydrogen-bond donors (Lipinski definition) is 2. The highest BCUT2D eigenvalue weighted by molar-refractivity contribution is 7.88. The highest BCUT2D eigenvalue weighted by Gasteiger charge is 2.22. The number of nitriles is 1. The van der Waals surface area contributed by atoms with E-state index in [2.05, 4.69) is 16.1 Å². The second kappa shape index (κ2) is 6.84. The van der Waals surface area contributed by atoms with Gasteiger partial charge in [-0.15, -0.1) is 0 Å². The van der Waals surface area contributed by atoms with Crippen LogP contribution in [-0.4, -0.2) is 33.3 Å². The van der Waals surface area contributed by atoms with Gasteiger partial charge in [-0.1, -0.05) is 30.3 Å². The molecule has 6 heteroatoms. The highest BCUT2D eigenvalue weighted by Crippen LogP contribution is 2.13. The molecule has 0 saturated heterocycles.